The SMILES string of the molecule is Cc1cc(OC(C)c2c(Cl)ccc(F)c2Cl)cc(-c2cnn(C3CCNCC3)c2)c1. The summed E-state index contributed by atoms with van der Waals surface area (Å²) in [5.41, 5.74) is 3.56. The molecule has 1 aromatic heterocycles. The first-order chi connectivity index (χ1) is 14.4. The van der Waals surface area contributed by atoms with Crippen LogP contribution in [0.3, 0.4) is 0 Å². The number of ether oxygens (including phenoxy) is 1. The predicted molar refractivity (Wildman–Crippen MR) is 119 cm³/mol. The Hall–Kier alpha value is -2.08. The van der Waals surface area contributed by atoms with E-state index < -0.39 is 11.9 Å². The Morgan fingerprint density at radius 1 is 1.17 bits per heavy atom. The van der Waals surface area contributed by atoms with Crippen LogP contribution in [0.1, 0.15) is 43.0 Å². The van der Waals surface area contributed by atoms with E-state index in [-0.39, 0.29) is 5.02 Å². The van der Waals surface area contributed by atoms with Gasteiger partial charge in [-0.05, 0) is 75.2 Å². The molecule has 30 heavy (non-hydrogen) atoms. The van der Waals surface area contributed by atoms with Crippen LogP contribution < -0.4 is 10.1 Å². The molecule has 0 radical (unpaired) electrons. The minimum Gasteiger partial charge on any atom is -0.486 e. The van der Waals surface area contributed by atoms with Gasteiger partial charge in [0.15, 0.2) is 0 Å². The molecule has 158 valence electrons. The van der Waals surface area contributed by atoms with Crippen molar-refractivity contribution in [2.24, 2.45) is 0 Å². The molecule has 7 heteroatoms. The van der Waals surface area contributed by atoms with Crippen LogP contribution >= 0.6 is 23.2 Å². The Kier molecular flexibility index (Phi) is 6.32. The van der Waals surface area contributed by atoms with Gasteiger partial charge in [-0.15, -0.1) is 0 Å². The Bertz CT molecular complexity index is 1050. The molecule has 0 saturated carbocycles. The van der Waals surface area contributed by atoms with Crippen molar-refractivity contribution in [1.29, 1.82) is 0 Å². The van der Waals surface area contributed by atoms with Gasteiger partial charge in [0.1, 0.15) is 17.7 Å². The standard InChI is InChI=1S/C23H24Cl2FN3O/c1-14-9-16(17-12-28-29(13-17)18-5-7-27-8-6-18)11-19(10-14)30-15(2)22-20(24)3-4-21(26)23(22)25/h3-4,9-13,15,18,27H,5-8H2,1-2H3. The highest BCUT2D eigenvalue weighted by Gasteiger charge is 2.20. The van der Waals surface area contributed by atoms with Gasteiger partial charge >= 0.3 is 0 Å². The first-order valence-corrected chi connectivity index (χ1v) is 10.8. The fourth-order valence-corrected chi connectivity index (χ4v) is 4.60. The molecule has 2 aromatic carbocycles. The lowest BCUT2D eigenvalue weighted by molar-refractivity contribution is 0.226. The second kappa shape index (κ2) is 8.96. The van der Waals surface area contributed by atoms with Crippen molar-refractivity contribution in [2.75, 3.05) is 13.1 Å². The van der Waals surface area contributed by atoms with Crippen LogP contribution in [0, 0.1) is 12.7 Å². The van der Waals surface area contributed by atoms with Crippen LogP contribution in [0.5, 0.6) is 5.75 Å². The normalized spacial score (nSPS) is 15.9. The molecule has 1 aliphatic rings. The molecule has 2 heterocycles. The zero-order chi connectivity index (χ0) is 21.3. The Balaban J connectivity index is 1.58. The van der Waals surface area contributed by atoms with Crippen LogP contribution in [0.25, 0.3) is 11.1 Å². The van der Waals surface area contributed by atoms with Gasteiger partial charge in [-0.25, -0.2) is 4.39 Å². The van der Waals surface area contributed by atoms with Gasteiger partial charge in [-0.1, -0.05) is 29.3 Å². The average Bonchev–Trinajstić information content (AvgIpc) is 3.22. The van der Waals surface area contributed by atoms with Gasteiger partial charge in [-0.2, -0.15) is 5.10 Å². The molecular weight excluding hydrogens is 424 g/mol. The number of piperidine rings is 1. The maximum Gasteiger partial charge on any atom is 0.142 e. The lowest BCUT2D eigenvalue weighted by atomic mass is 10.1. The molecular formula is C23H24Cl2FN3O. The monoisotopic (exact) mass is 447 g/mol. The molecule has 1 fully saturated rings. The molecule has 4 nitrogen and oxygen atoms in total. The van der Waals surface area contributed by atoms with Crippen LogP contribution in [-0.4, -0.2) is 22.9 Å². The van der Waals surface area contributed by atoms with Gasteiger partial charge in [0.2, 0.25) is 0 Å². The fourth-order valence-electron chi connectivity index (χ4n) is 3.92. The highest BCUT2D eigenvalue weighted by Crippen LogP contribution is 2.36. The summed E-state index contributed by atoms with van der Waals surface area (Å²) in [6, 6.07) is 9.19. The summed E-state index contributed by atoms with van der Waals surface area (Å²) in [5.74, 6) is 0.158. The van der Waals surface area contributed by atoms with Crippen LogP contribution in [0.4, 0.5) is 4.39 Å². The number of nitrogens with one attached hydrogen (secondary N) is 1. The molecule has 0 bridgehead atoms. The minimum absolute atomic E-state index is 0.00822. The highest BCUT2D eigenvalue weighted by molar-refractivity contribution is 6.36. The second-order valence-corrected chi connectivity index (χ2v) is 8.53. The molecule has 0 spiro atoms. The topological polar surface area (TPSA) is 39.1 Å². The van der Waals surface area contributed by atoms with Crippen molar-refractivity contribution in [2.45, 2.75) is 38.8 Å². The van der Waals surface area contributed by atoms with Gasteiger partial charge in [0.25, 0.3) is 0 Å². The van der Waals surface area contributed by atoms with Crippen molar-refractivity contribution in [1.82, 2.24) is 15.1 Å². The number of aryl methyl sites for hydroxylation is 1. The lowest BCUT2D eigenvalue weighted by Crippen LogP contribution is -2.29. The molecule has 3 aromatic rings. The molecule has 1 aliphatic heterocycles. The Morgan fingerprint density at radius 3 is 2.70 bits per heavy atom. The number of hydrogen-bond acceptors (Lipinski definition) is 3. The number of hydrogen-bond donors (Lipinski definition) is 1. The highest BCUT2D eigenvalue weighted by atomic mass is 35.5. The van der Waals surface area contributed by atoms with Crippen LogP contribution in [0.2, 0.25) is 10.0 Å². The summed E-state index contributed by atoms with van der Waals surface area (Å²) < 4.78 is 22.1. The van der Waals surface area contributed by atoms with Crippen LogP contribution in [-0.2, 0) is 0 Å². The maximum absolute atomic E-state index is 13.9. The predicted octanol–water partition coefficient (Wildman–Crippen LogP) is 6.37. The molecule has 1 atom stereocenters. The van der Waals surface area contributed by atoms with E-state index in [1.165, 1.54) is 12.1 Å². The van der Waals surface area contributed by atoms with Gasteiger partial charge < -0.3 is 10.1 Å². The second-order valence-electron chi connectivity index (χ2n) is 7.74. The fraction of sp³-hybridized carbons (Fsp3) is 0.348. The molecule has 4 rings (SSSR count). The van der Waals surface area contributed by atoms with E-state index in [2.05, 4.69) is 27.4 Å². The van der Waals surface area contributed by atoms with Crippen molar-refractivity contribution < 1.29 is 9.13 Å². The number of rotatable bonds is 5. The summed E-state index contributed by atoms with van der Waals surface area (Å²) >= 11 is 12.4. The van der Waals surface area contributed by atoms with E-state index in [1.807, 2.05) is 32.2 Å². The molecule has 1 N–H and O–H groups in total. The number of nitrogens with zero attached hydrogens (tertiary/aromatic N) is 2. The summed E-state index contributed by atoms with van der Waals surface area (Å²) in [6.45, 7) is 5.86. The maximum atomic E-state index is 13.9. The first kappa shape index (κ1) is 21.2. The largest absolute Gasteiger partial charge is 0.486 e. The van der Waals surface area contributed by atoms with E-state index in [1.54, 1.807) is 0 Å². The van der Waals surface area contributed by atoms with E-state index >= 15 is 0 Å². The number of benzene rings is 2. The summed E-state index contributed by atoms with van der Waals surface area (Å²) in [7, 11) is 0. The third-order valence-electron chi connectivity index (χ3n) is 5.47. The van der Waals surface area contributed by atoms with Crippen molar-refractivity contribution in [3.8, 4) is 16.9 Å². The van der Waals surface area contributed by atoms with Crippen molar-refractivity contribution in [3.63, 3.8) is 0 Å². The molecule has 0 amide bonds. The Morgan fingerprint density at radius 2 is 1.93 bits per heavy atom. The number of aromatic nitrogens is 2. The quantitative estimate of drug-likeness (QED) is 0.461. The zero-order valence-electron chi connectivity index (χ0n) is 17.0. The zero-order valence-corrected chi connectivity index (χ0v) is 18.5. The van der Waals surface area contributed by atoms with E-state index in [0.717, 1.165) is 42.6 Å². The first-order valence-electron chi connectivity index (χ1n) is 10.1. The summed E-state index contributed by atoms with van der Waals surface area (Å²) in [5, 5.41) is 8.34. The average molecular weight is 448 g/mol. The molecule has 1 saturated heterocycles. The van der Waals surface area contributed by atoms with Gasteiger partial charge in [-0.3, -0.25) is 4.68 Å². The minimum atomic E-state index is -0.512. The summed E-state index contributed by atoms with van der Waals surface area (Å²) in [4.78, 5) is 0. The van der Waals surface area contributed by atoms with E-state index in [4.69, 9.17) is 27.9 Å². The van der Waals surface area contributed by atoms with Gasteiger partial charge in [0, 0.05) is 22.3 Å². The number of halogens is 3. The molecule has 1 unspecified atom stereocenters. The van der Waals surface area contributed by atoms with E-state index in [0.29, 0.717) is 22.4 Å². The van der Waals surface area contributed by atoms with Gasteiger partial charge in [0.05, 0.1) is 17.3 Å². The molecule has 0 aliphatic carbocycles. The van der Waals surface area contributed by atoms with Crippen molar-refractivity contribution >= 4 is 23.2 Å². The van der Waals surface area contributed by atoms with Crippen molar-refractivity contribution in [3.05, 3.63) is 69.7 Å². The summed E-state index contributed by atoms with van der Waals surface area (Å²) in [6.07, 6.45) is 5.64. The third kappa shape index (κ3) is 4.48. The lowest BCUT2D eigenvalue weighted by Gasteiger charge is -2.22. The van der Waals surface area contributed by atoms with Crippen LogP contribution in [0.15, 0.2) is 42.7 Å². The van der Waals surface area contributed by atoms with E-state index in [9.17, 15) is 4.39 Å². The Labute approximate surface area is 186 Å². The smallest absolute Gasteiger partial charge is 0.142 e. The third-order valence-corrected chi connectivity index (χ3v) is 6.18.